The first-order valence-corrected chi connectivity index (χ1v) is 9.42. The maximum absolute atomic E-state index is 12.1. The molecule has 2 rings (SSSR count). The molecular weight excluding hydrogens is 475 g/mol. The number of hydrogen-bond donors (Lipinski definition) is 3. The van der Waals surface area contributed by atoms with Crippen LogP contribution in [0.5, 0.6) is 5.75 Å². The fraction of sp³-hybridized carbons (Fsp3) is 0.368. The Hall–Kier alpha value is -1.81. The van der Waals surface area contributed by atoms with Gasteiger partial charge in [-0.1, -0.05) is 13.0 Å². The number of halogens is 1. The van der Waals surface area contributed by atoms with Gasteiger partial charge in [0.2, 0.25) is 0 Å². The quantitative estimate of drug-likeness (QED) is 0.225. The number of nitrogens with one attached hydrogen (secondary N) is 3. The lowest BCUT2D eigenvalue weighted by atomic mass is 10.1. The highest BCUT2D eigenvalue weighted by molar-refractivity contribution is 14.0. The summed E-state index contributed by atoms with van der Waals surface area (Å²) in [6, 6.07) is 11.2. The topological polar surface area (TPSA) is 74.8 Å². The highest BCUT2D eigenvalue weighted by Crippen LogP contribution is 2.19. The van der Waals surface area contributed by atoms with Crippen LogP contribution in [-0.4, -0.2) is 45.7 Å². The van der Waals surface area contributed by atoms with Crippen LogP contribution in [0.3, 0.4) is 0 Å². The van der Waals surface area contributed by atoms with Crippen LogP contribution in [0.2, 0.25) is 0 Å². The van der Waals surface area contributed by atoms with Crippen molar-refractivity contribution in [1.29, 1.82) is 0 Å². The molecule has 2 aromatic rings. The van der Waals surface area contributed by atoms with E-state index in [0.29, 0.717) is 24.6 Å². The zero-order valence-electron chi connectivity index (χ0n) is 15.8. The number of carbonyl (C=O) groups excluding carboxylic acids is 1. The van der Waals surface area contributed by atoms with E-state index in [1.807, 2.05) is 0 Å². The molecule has 1 amide bonds. The number of hydrogen-bond acceptors (Lipinski definition) is 4. The summed E-state index contributed by atoms with van der Waals surface area (Å²) >= 11 is 1.76. The van der Waals surface area contributed by atoms with Crippen LogP contribution in [0.4, 0.5) is 0 Å². The second kappa shape index (κ2) is 12.6. The van der Waals surface area contributed by atoms with E-state index in [2.05, 4.69) is 45.4 Å². The van der Waals surface area contributed by atoms with Gasteiger partial charge in [-0.15, -0.1) is 35.3 Å². The Morgan fingerprint density at radius 3 is 2.44 bits per heavy atom. The van der Waals surface area contributed by atoms with Crippen LogP contribution in [0.1, 0.15) is 28.1 Å². The Balaban J connectivity index is 0.00000364. The Morgan fingerprint density at radius 1 is 1.15 bits per heavy atom. The van der Waals surface area contributed by atoms with Crippen LogP contribution in [-0.2, 0) is 0 Å². The zero-order valence-corrected chi connectivity index (χ0v) is 19.0. The third-order valence-electron chi connectivity index (χ3n) is 3.88. The number of thiophene rings is 1. The number of ether oxygens (including phenoxy) is 1. The fourth-order valence-corrected chi connectivity index (χ4v) is 3.13. The molecule has 148 valence electrons. The summed E-state index contributed by atoms with van der Waals surface area (Å²) in [4.78, 5) is 17.6. The number of methoxy groups -OCH3 is 1. The highest BCUT2D eigenvalue weighted by Gasteiger charge is 2.08. The molecule has 3 N–H and O–H groups in total. The lowest BCUT2D eigenvalue weighted by Crippen LogP contribution is -2.42. The maximum Gasteiger partial charge on any atom is 0.251 e. The van der Waals surface area contributed by atoms with Gasteiger partial charge in [-0.05, 0) is 35.7 Å². The van der Waals surface area contributed by atoms with Gasteiger partial charge in [-0.2, -0.15) is 0 Å². The second-order valence-electron chi connectivity index (χ2n) is 5.78. The molecule has 0 saturated carbocycles. The maximum atomic E-state index is 12.1. The van der Waals surface area contributed by atoms with Gasteiger partial charge in [-0.25, -0.2) is 0 Å². The van der Waals surface area contributed by atoms with Crippen LogP contribution in [0, 0.1) is 0 Å². The van der Waals surface area contributed by atoms with Crippen molar-refractivity contribution in [3.8, 4) is 5.75 Å². The molecule has 1 aromatic carbocycles. The van der Waals surface area contributed by atoms with Gasteiger partial charge in [0.05, 0.1) is 7.11 Å². The molecule has 1 heterocycles. The summed E-state index contributed by atoms with van der Waals surface area (Å²) in [5.41, 5.74) is 0.609. The largest absolute Gasteiger partial charge is 0.497 e. The van der Waals surface area contributed by atoms with E-state index in [1.54, 1.807) is 49.8 Å². The first-order chi connectivity index (χ1) is 12.6. The molecule has 0 fully saturated rings. The molecule has 6 nitrogen and oxygen atoms in total. The Labute approximate surface area is 181 Å². The number of benzene rings is 1. The standard InChI is InChI=1S/C19H26N4O2S.HI/c1-14(17-5-4-12-26-17)13-23-19(20-2)22-11-10-21-18(24)15-6-8-16(25-3)9-7-15;/h4-9,12,14H,10-11,13H2,1-3H3,(H,21,24)(H2,20,22,23);1H. The van der Waals surface area contributed by atoms with E-state index in [0.717, 1.165) is 18.3 Å². The summed E-state index contributed by atoms with van der Waals surface area (Å²) in [5.74, 6) is 1.77. The first kappa shape index (κ1) is 23.2. The number of aliphatic imine (C=N–C) groups is 1. The van der Waals surface area contributed by atoms with Crippen molar-refractivity contribution in [2.45, 2.75) is 12.8 Å². The molecule has 0 radical (unpaired) electrons. The molecule has 0 spiro atoms. The minimum Gasteiger partial charge on any atom is -0.497 e. The van der Waals surface area contributed by atoms with Crippen LogP contribution in [0.25, 0.3) is 0 Å². The summed E-state index contributed by atoms with van der Waals surface area (Å²) in [7, 11) is 3.34. The normalized spacial score (nSPS) is 11.9. The van der Waals surface area contributed by atoms with E-state index in [1.165, 1.54) is 4.88 Å². The van der Waals surface area contributed by atoms with Crippen molar-refractivity contribution >= 4 is 47.2 Å². The Kier molecular flexibility index (Phi) is 10.8. The lowest BCUT2D eigenvalue weighted by Gasteiger charge is -2.15. The molecule has 1 aromatic heterocycles. The Bertz CT molecular complexity index is 705. The Morgan fingerprint density at radius 2 is 1.85 bits per heavy atom. The van der Waals surface area contributed by atoms with Gasteiger partial charge < -0.3 is 20.7 Å². The lowest BCUT2D eigenvalue weighted by molar-refractivity contribution is 0.0954. The molecule has 1 atom stereocenters. The highest BCUT2D eigenvalue weighted by atomic mass is 127. The van der Waals surface area contributed by atoms with Crippen molar-refractivity contribution in [3.63, 3.8) is 0 Å². The van der Waals surface area contributed by atoms with Gasteiger partial charge >= 0.3 is 0 Å². The van der Waals surface area contributed by atoms with Crippen LogP contribution in [0.15, 0.2) is 46.8 Å². The smallest absolute Gasteiger partial charge is 0.251 e. The van der Waals surface area contributed by atoms with E-state index in [-0.39, 0.29) is 29.9 Å². The van der Waals surface area contributed by atoms with Gasteiger partial charge in [0, 0.05) is 43.0 Å². The monoisotopic (exact) mass is 502 g/mol. The SMILES string of the molecule is CN=C(NCCNC(=O)c1ccc(OC)cc1)NCC(C)c1cccs1.I. The summed E-state index contributed by atoms with van der Waals surface area (Å²) in [6.07, 6.45) is 0. The average molecular weight is 502 g/mol. The third kappa shape index (κ3) is 7.76. The molecule has 0 aliphatic rings. The predicted octanol–water partition coefficient (Wildman–Crippen LogP) is 3.07. The average Bonchev–Trinajstić information content (AvgIpc) is 3.22. The minimum absolute atomic E-state index is 0. The fourth-order valence-electron chi connectivity index (χ4n) is 2.34. The van der Waals surface area contributed by atoms with E-state index < -0.39 is 0 Å². The third-order valence-corrected chi connectivity index (χ3v) is 4.99. The summed E-state index contributed by atoms with van der Waals surface area (Å²) in [5, 5.41) is 11.5. The van der Waals surface area contributed by atoms with Gasteiger partial charge in [0.15, 0.2) is 5.96 Å². The van der Waals surface area contributed by atoms with E-state index in [9.17, 15) is 4.79 Å². The van der Waals surface area contributed by atoms with Crippen LogP contribution >= 0.6 is 35.3 Å². The van der Waals surface area contributed by atoms with Crippen molar-refractivity contribution in [3.05, 3.63) is 52.2 Å². The van der Waals surface area contributed by atoms with Crippen molar-refractivity contribution in [2.24, 2.45) is 4.99 Å². The number of nitrogens with zero attached hydrogens (tertiary/aromatic N) is 1. The van der Waals surface area contributed by atoms with Crippen molar-refractivity contribution in [1.82, 2.24) is 16.0 Å². The molecule has 0 saturated heterocycles. The number of rotatable bonds is 8. The molecule has 0 bridgehead atoms. The van der Waals surface area contributed by atoms with Crippen molar-refractivity contribution < 1.29 is 9.53 Å². The van der Waals surface area contributed by atoms with E-state index in [4.69, 9.17) is 4.74 Å². The minimum atomic E-state index is -0.108. The number of carbonyl (C=O) groups is 1. The van der Waals surface area contributed by atoms with Gasteiger partial charge in [0.1, 0.15) is 5.75 Å². The van der Waals surface area contributed by atoms with Crippen molar-refractivity contribution in [2.75, 3.05) is 33.8 Å². The summed E-state index contributed by atoms with van der Waals surface area (Å²) < 4.78 is 5.09. The molecular formula is C19H27IN4O2S. The number of amides is 1. The zero-order chi connectivity index (χ0) is 18.8. The summed E-state index contributed by atoms with van der Waals surface area (Å²) in [6.45, 7) is 4.08. The molecule has 1 unspecified atom stereocenters. The number of guanidine groups is 1. The molecule has 0 aliphatic heterocycles. The first-order valence-electron chi connectivity index (χ1n) is 8.54. The predicted molar refractivity (Wildman–Crippen MR) is 123 cm³/mol. The molecule has 8 heteroatoms. The molecule has 0 aliphatic carbocycles. The van der Waals surface area contributed by atoms with Gasteiger partial charge in [0.25, 0.3) is 5.91 Å². The second-order valence-corrected chi connectivity index (χ2v) is 6.76. The molecule has 27 heavy (non-hydrogen) atoms. The van der Waals surface area contributed by atoms with E-state index >= 15 is 0 Å². The van der Waals surface area contributed by atoms with Crippen LogP contribution < -0.4 is 20.7 Å². The van der Waals surface area contributed by atoms with Gasteiger partial charge in [-0.3, -0.25) is 9.79 Å².